The van der Waals surface area contributed by atoms with Crippen molar-refractivity contribution in [3.05, 3.63) is 28.7 Å². The lowest BCUT2D eigenvalue weighted by Gasteiger charge is -2.29. The zero-order chi connectivity index (χ0) is 14.6. The number of benzene rings is 1. The van der Waals surface area contributed by atoms with Crippen molar-refractivity contribution in [2.24, 2.45) is 0 Å². The van der Waals surface area contributed by atoms with Gasteiger partial charge in [-0.25, -0.2) is 4.79 Å². The number of hydrogen-bond donors (Lipinski definition) is 0. The summed E-state index contributed by atoms with van der Waals surface area (Å²) in [6.07, 6.45) is 0.181. The van der Waals surface area contributed by atoms with Gasteiger partial charge in [0.1, 0.15) is 11.9 Å². The molecule has 1 rings (SSSR count). The minimum absolute atomic E-state index is 0.533. The van der Waals surface area contributed by atoms with Gasteiger partial charge in [0.05, 0.1) is 6.04 Å². The SMILES string of the molecule is CC(C=O)N(C(=O)OC(C)(C)C)c1ccc(Br)cc1. The molecule has 0 saturated carbocycles. The van der Waals surface area contributed by atoms with Gasteiger partial charge in [0.25, 0.3) is 0 Å². The molecule has 1 unspecified atom stereocenters. The fraction of sp³-hybridized carbons (Fsp3) is 0.429. The minimum Gasteiger partial charge on any atom is -0.443 e. The number of anilines is 1. The van der Waals surface area contributed by atoms with E-state index in [-0.39, 0.29) is 0 Å². The Bertz CT molecular complexity index is 451. The number of carbonyl (C=O) groups excluding carboxylic acids is 2. The molecule has 0 aliphatic rings. The first kappa shape index (κ1) is 15.7. The normalized spacial score (nSPS) is 12.7. The second-order valence-electron chi connectivity index (χ2n) is 5.20. The van der Waals surface area contributed by atoms with Gasteiger partial charge in [-0.05, 0) is 52.0 Å². The van der Waals surface area contributed by atoms with E-state index < -0.39 is 17.7 Å². The summed E-state index contributed by atoms with van der Waals surface area (Å²) in [5, 5.41) is 0. The summed E-state index contributed by atoms with van der Waals surface area (Å²) in [7, 11) is 0. The van der Waals surface area contributed by atoms with Gasteiger partial charge in [-0.1, -0.05) is 15.9 Å². The third kappa shape index (κ3) is 4.67. The first-order valence-electron chi connectivity index (χ1n) is 5.97. The summed E-state index contributed by atoms with van der Waals surface area (Å²) in [4.78, 5) is 24.5. The van der Waals surface area contributed by atoms with Crippen molar-refractivity contribution in [2.75, 3.05) is 4.90 Å². The van der Waals surface area contributed by atoms with E-state index in [9.17, 15) is 9.59 Å². The first-order valence-corrected chi connectivity index (χ1v) is 6.77. The summed E-state index contributed by atoms with van der Waals surface area (Å²) in [6, 6.07) is 6.55. The van der Waals surface area contributed by atoms with Gasteiger partial charge in [0, 0.05) is 10.2 Å². The average molecular weight is 328 g/mol. The van der Waals surface area contributed by atoms with Gasteiger partial charge in [0.2, 0.25) is 0 Å². The number of ether oxygens (including phenoxy) is 1. The average Bonchev–Trinajstić information content (AvgIpc) is 2.29. The molecular weight excluding hydrogens is 310 g/mol. The lowest BCUT2D eigenvalue weighted by atomic mass is 10.2. The van der Waals surface area contributed by atoms with Gasteiger partial charge in [-0.3, -0.25) is 4.90 Å². The minimum atomic E-state index is -0.604. The number of hydrogen-bond acceptors (Lipinski definition) is 3. The van der Waals surface area contributed by atoms with Crippen LogP contribution in [0.1, 0.15) is 27.7 Å². The Labute approximate surface area is 121 Å². The molecule has 104 valence electrons. The maximum absolute atomic E-state index is 12.2. The largest absolute Gasteiger partial charge is 0.443 e. The highest BCUT2D eigenvalue weighted by Gasteiger charge is 2.27. The van der Waals surface area contributed by atoms with Crippen LogP contribution in [0.3, 0.4) is 0 Å². The summed E-state index contributed by atoms with van der Waals surface area (Å²) in [5.41, 5.74) is 0.0184. The standard InChI is InChI=1S/C14H18BrNO3/c1-10(9-17)16(13(18)19-14(2,3)4)12-7-5-11(15)6-8-12/h5-10H,1-4H3. The maximum atomic E-state index is 12.2. The van der Waals surface area contributed by atoms with Gasteiger partial charge in [-0.15, -0.1) is 0 Å². The molecule has 0 saturated heterocycles. The van der Waals surface area contributed by atoms with Crippen molar-refractivity contribution in [1.82, 2.24) is 0 Å². The highest BCUT2D eigenvalue weighted by atomic mass is 79.9. The van der Waals surface area contributed by atoms with Crippen LogP contribution in [0, 0.1) is 0 Å². The Hall–Kier alpha value is -1.36. The number of aldehydes is 1. The van der Waals surface area contributed by atoms with E-state index in [0.717, 1.165) is 4.47 Å². The molecule has 19 heavy (non-hydrogen) atoms. The van der Waals surface area contributed by atoms with Crippen molar-refractivity contribution in [2.45, 2.75) is 39.3 Å². The third-order valence-electron chi connectivity index (χ3n) is 2.30. The van der Waals surface area contributed by atoms with Crippen molar-refractivity contribution >= 4 is 34.0 Å². The molecule has 0 aliphatic heterocycles. The van der Waals surface area contributed by atoms with Crippen molar-refractivity contribution < 1.29 is 14.3 Å². The van der Waals surface area contributed by atoms with Crippen LogP contribution in [0.5, 0.6) is 0 Å². The Balaban J connectivity index is 3.05. The van der Waals surface area contributed by atoms with Gasteiger partial charge in [0.15, 0.2) is 0 Å². The smallest absolute Gasteiger partial charge is 0.415 e. The molecule has 0 N–H and O–H groups in total. The molecule has 0 fully saturated rings. The van der Waals surface area contributed by atoms with Crippen molar-refractivity contribution in [3.8, 4) is 0 Å². The second kappa shape index (κ2) is 6.19. The molecule has 0 aliphatic carbocycles. The zero-order valence-corrected chi connectivity index (χ0v) is 13.1. The molecule has 4 nitrogen and oxygen atoms in total. The second-order valence-corrected chi connectivity index (χ2v) is 6.12. The zero-order valence-electron chi connectivity index (χ0n) is 11.5. The predicted octanol–water partition coefficient (Wildman–Crippen LogP) is 3.78. The molecule has 1 aromatic carbocycles. The lowest BCUT2D eigenvalue weighted by molar-refractivity contribution is -0.108. The van der Waals surface area contributed by atoms with Crippen LogP contribution in [0.4, 0.5) is 10.5 Å². The van der Waals surface area contributed by atoms with Gasteiger partial charge >= 0.3 is 6.09 Å². The van der Waals surface area contributed by atoms with Crippen molar-refractivity contribution in [3.63, 3.8) is 0 Å². The Kier molecular flexibility index (Phi) is 5.11. The van der Waals surface area contributed by atoms with Crippen LogP contribution < -0.4 is 4.90 Å². The van der Waals surface area contributed by atoms with E-state index in [4.69, 9.17) is 4.74 Å². The van der Waals surface area contributed by atoms with E-state index >= 15 is 0 Å². The number of halogens is 1. The van der Waals surface area contributed by atoms with E-state index in [1.807, 2.05) is 12.1 Å². The predicted molar refractivity (Wildman–Crippen MR) is 78.4 cm³/mol. The molecular formula is C14H18BrNO3. The molecule has 0 heterocycles. The molecule has 1 aromatic rings. The van der Waals surface area contributed by atoms with Crippen LogP contribution in [-0.4, -0.2) is 24.0 Å². The maximum Gasteiger partial charge on any atom is 0.415 e. The van der Waals surface area contributed by atoms with Gasteiger partial charge < -0.3 is 9.53 Å². The fourth-order valence-corrected chi connectivity index (χ4v) is 1.74. The summed E-state index contributed by atoms with van der Waals surface area (Å²) in [5.74, 6) is 0. The first-order chi connectivity index (χ1) is 8.74. The van der Waals surface area contributed by atoms with E-state index in [1.54, 1.807) is 39.8 Å². The van der Waals surface area contributed by atoms with E-state index in [1.165, 1.54) is 4.90 Å². The van der Waals surface area contributed by atoms with Crippen LogP contribution >= 0.6 is 15.9 Å². The highest BCUT2D eigenvalue weighted by molar-refractivity contribution is 9.10. The summed E-state index contributed by atoms with van der Waals surface area (Å²) < 4.78 is 6.23. The van der Waals surface area contributed by atoms with E-state index in [0.29, 0.717) is 12.0 Å². The number of amides is 1. The van der Waals surface area contributed by atoms with E-state index in [2.05, 4.69) is 15.9 Å². The molecule has 0 aromatic heterocycles. The Morgan fingerprint density at radius 2 is 1.84 bits per heavy atom. The molecule has 0 spiro atoms. The highest BCUT2D eigenvalue weighted by Crippen LogP contribution is 2.22. The van der Waals surface area contributed by atoms with Crippen LogP contribution in [0.25, 0.3) is 0 Å². The Morgan fingerprint density at radius 1 is 1.32 bits per heavy atom. The number of nitrogens with zero attached hydrogens (tertiary/aromatic N) is 1. The third-order valence-corrected chi connectivity index (χ3v) is 2.83. The summed E-state index contributed by atoms with van der Waals surface area (Å²) in [6.45, 7) is 7.02. The Morgan fingerprint density at radius 3 is 2.26 bits per heavy atom. The quantitative estimate of drug-likeness (QED) is 0.794. The fourth-order valence-electron chi connectivity index (χ4n) is 1.48. The lowest BCUT2D eigenvalue weighted by Crippen LogP contribution is -2.43. The molecule has 0 radical (unpaired) electrons. The molecule has 1 atom stereocenters. The molecule has 0 bridgehead atoms. The summed E-state index contributed by atoms with van der Waals surface area (Å²) >= 11 is 3.33. The molecule has 5 heteroatoms. The number of carbonyl (C=O) groups is 2. The van der Waals surface area contributed by atoms with Crippen LogP contribution in [0.2, 0.25) is 0 Å². The van der Waals surface area contributed by atoms with Crippen LogP contribution in [0.15, 0.2) is 28.7 Å². The topological polar surface area (TPSA) is 46.6 Å². The monoisotopic (exact) mass is 327 g/mol. The molecule has 1 amide bonds. The van der Waals surface area contributed by atoms with Crippen LogP contribution in [-0.2, 0) is 9.53 Å². The van der Waals surface area contributed by atoms with Crippen molar-refractivity contribution in [1.29, 1.82) is 0 Å². The van der Waals surface area contributed by atoms with Gasteiger partial charge in [-0.2, -0.15) is 0 Å². The number of rotatable bonds is 3.